The number of nitrogens with two attached hydrogens (primary N) is 2. The Morgan fingerprint density at radius 3 is 2.72 bits per heavy atom. The molecule has 0 fully saturated rings. The highest BCUT2D eigenvalue weighted by molar-refractivity contribution is 6.05. The van der Waals surface area contributed by atoms with Crippen LogP contribution in [-0.2, 0) is 9.59 Å². The number of hydrogen-bond acceptors (Lipinski definition) is 4. The highest BCUT2D eigenvalue weighted by Crippen LogP contribution is 2.38. The van der Waals surface area contributed by atoms with Gasteiger partial charge in [-0.05, 0) is 26.0 Å². The predicted octanol–water partition coefficient (Wildman–Crippen LogP) is 0.258. The standard InChI is InChI=1S/C12H15N3O3/c1-12(2)11(17)15(6-10(14)16)8-4-3-7(13)5-9(8)18-12/h3-5H,6,13H2,1-2H3,(H2,14,16). The fourth-order valence-electron chi connectivity index (χ4n) is 1.90. The minimum atomic E-state index is -1.05. The molecule has 2 amide bonds. The number of nitrogens with zero attached hydrogens (tertiary/aromatic N) is 1. The summed E-state index contributed by atoms with van der Waals surface area (Å²) in [4.78, 5) is 24.6. The number of benzene rings is 1. The van der Waals surface area contributed by atoms with E-state index in [9.17, 15) is 9.59 Å². The van der Waals surface area contributed by atoms with E-state index < -0.39 is 11.5 Å². The van der Waals surface area contributed by atoms with Crippen LogP contribution in [-0.4, -0.2) is 24.0 Å². The zero-order valence-electron chi connectivity index (χ0n) is 10.3. The summed E-state index contributed by atoms with van der Waals surface area (Å²) >= 11 is 0. The summed E-state index contributed by atoms with van der Waals surface area (Å²) in [6, 6.07) is 4.90. The summed E-state index contributed by atoms with van der Waals surface area (Å²) in [5.41, 5.74) is 10.8. The highest BCUT2D eigenvalue weighted by Gasteiger charge is 2.41. The lowest BCUT2D eigenvalue weighted by Crippen LogP contribution is -2.54. The molecule has 0 saturated carbocycles. The normalized spacial score (nSPS) is 17.0. The van der Waals surface area contributed by atoms with Gasteiger partial charge in [0, 0.05) is 11.8 Å². The molecule has 1 heterocycles. The molecule has 0 saturated heterocycles. The molecular formula is C12H15N3O3. The van der Waals surface area contributed by atoms with Gasteiger partial charge in [0.25, 0.3) is 5.91 Å². The minimum absolute atomic E-state index is 0.178. The smallest absolute Gasteiger partial charge is 0.271 e. The van der Waals surface area contributed by atoms with Crippen molar-refractivity contribution in [2.45, 2.75) is 19.4 Å². The molecule has 0 atom stereocenters. The third kappa shape index (κ3) is 1.97. The van der Waals surface area contributed by atoms with Crippen LogP contribution >= 0.6 is 0 Å². The minimum Gasteiger partial charge on any atom is -0.476 e. The van der Waals surface area contributed by atoms with Crippen LogP contribution in [0.3, 0.4) is 0 Å². The number of hydrogen-bond donors (Lipinski definition) is 2. The second-order valence-electron chi connectivity index (χ2n) is 4.70. The van der Waals surface area contributed by atoms with Gasteiger partial charge in [-0.2, -0.15) is 0 Å². The number of fused-ring (bicyclic) bond motifs is 1. The van der Waals surface area contributed by atoms with Crippen LogP contribution < -0.4 is 21.1 Å². The van der Waals surface area contributed by atoms with Crippen molar-refractivity contribution in [3.05, 3.63) is 18.2 Å². The van der Waals surface area contributed by atoms with Gasteiger partial charge >= 0.3 is 0 Å². The van der Waals surface area contributed by atoms with E-state index in [1.165, 1.54) is 4.90 Å². The molecule has 0 aromatic heterocycles. The van der Waals surface area contributed by atoms with E-state index in [1.54, 1.807) is 32.0 Å². The molecule has 2 rings (SSSR count). The zero-order chi connectivity index (χ0) is 13.5. The number of nitrogen functional groups attached to an aromatic ring is 1. The van der Waals surface area contributed by atoms with E-state index in [0.717, 1.165) is 0 Å². The first-order valence-electron chi connectivity index (χ1n) is 5.50. The lowest BCUT2D eigenvalue weighted by Gasteiger charge is -2.38. The first-order valence-corrected chi connectivity index (χ1v) is 5.50. The first-order chi connectivity index (χ1) is 8.31. The van der Waals surface area contributed by atoms with Crippen LogP contribution in [0.4, 0.5) is 11.4 Å². The average molecular weight is 249 g/mol. The molecule has 1 aromatic carbocycles. The van der Waals surface area contributed by atoms with Gasteiger partial charge in [-0.15, -0.1) is 0 Å². The summed E-state index contributed by atoms with van der Waals surface area (Å²) < 4.78 is 5.60. The monoisotopic (exact) mass is 249 g/mol. The van der Waals surface area contributed by atoms with Crippen molar-refractivity contribution in [3.63, 3.8) is 0 Å². The molecule has 0 spiro atoms. The van der Waals surface area contributed by atoms with Gasteiger partial charge in [0.05, 0.1) is 5.69 Å². The Kier molecular flexibility index (Phi) is 2.65. The van der Waals surface area contributed by atoms with Crippen molar-refractivity contribution in [1.82, 2.24) is 0 Å². The van der Waals surface area contributed by atoms with Crippen LogP contribution in [0.2, 0.25) is 0 Å². The molecule has 96 valence electrons. The van der Waals surface area contributed by atoms with Gasteiger partial charge in [-0.3, -0.25) is 14.5 Å². The SMILES string of the molecule is CC1(C)Oc2cc(N)ccc2N(CC(N)=O)C1=O. The van der Waals surface area contributed by atoms with Gasteiger partial charge in [0.1, 0.15) is 12.3 Å². The van der Waals surface area contributed by atoms with E-state index in [-0.39, 0.29) is 12.5 Å². The molecule has 1 aliphatic rings. The molecular weight excluding hydrogens is 234 g/mol. The van der Waals surface area contributed by atoms with Gasteiger partial charge in [-0.25, -0.2) is 0 Å². The van der Waals surface area contributed by atoms with Crippen LogP contribution in [0.5, 0.6) is 5.75 Å². The second-order valence-corrected chi connectivity index (χ2v) is 4.70. The van der Waals surface area contributed by atoms with Crippen molar-refractivity contribution in [2.75, 3.05) is 17.2 Å². The summed E-state index contributed by atoms with van der Waals surface area (Å²) in [5.74, 6) is -0.414. The molecule has 0 aliphatic carbocycles. The number of carbonyl (C=O) groups is 2. The van der Waals surface area contributed by atoms with Gasteiger partial charge in [0.15, 0.2) is 5.60 Å². The van der Waals surface area contributed by atoms with Crippen molar-refractivity contribution < 1.29 is 14.3 Å². The molecule has 1 aromatic rings. The second kappa shape index (κ2) is 3.90. The van der Waals surface area contributed by atoms with Crippen LogP contribution in [0, 0.1) is 0 Å². The molecule has 0 bridgehead atoms. The third-order valence-electron chi connectivity index (χ3n) is 2.71. The Labute approximate surface area is 104 Å². The summed E-state index contributed by atoms with van der Waals surface area (Å²) in [6.45, 7) is 3.09. The van der Waals surface area contributed by atoms with Crippen LogP contribution in [0.1, 0.15) is 13.8 Å². The molecule has 0 unspecified atom stereocenters. The molecule has 4 N–H and O–H groups in total. The van der Waals surface area contributed by atoms with E-state index in [2.05, 4.69) is 0 Å². The Morgan fingerprint density at radius 1 is 1.44 bits per heavy atom. The van der Waals surface area contributed by atoms with E-state index in [4.69, 9.17) is 16.2 Å². The predicted molar refractivity (Wildman–Crippen MR) is 67.1 cm³/mol. The Bertz CT molecular complexity index is 525. The summed E-state index contributed by atoms with van der Waals surface area (Å²) in [5, 5.41) is 0. The number of amides is 2. The van der Waals surface area contributed by atoms with Crippen molar-refractivity contribution in [1.29, 1.82) is 0 Å². The highest BCUT2D eigenvalue weighted by atomic mass is 16.5. The molecule has 18 heavy (non-hydrogen) atoms. The van der Waals surface area contributed by atoms with Crippen LogP contribution in [0.15, 0.2) is 18.2 Å². The lowest BCUT2D eigenvalue weighted by atomic mass is 10.0. The fourth-order valence-corrected chi connectivity index (χ4v) is 1.90. The number of primary amides is 1. The largest absolute Gasteiger partial charge is 0.476 e. The quantitative estimate of drug-likeness (QED) is 0.734. The van der Waals surface area contributed by atoms with E-state index >= 15 is 0 Å². The Hall–Kier alpha value is -2.24. The maximum absolute atomic E-state index is 12.2. The molecule has 0 radical (unpaired) electrons. The number of ether oxygens (including phenoxy) is 1. The maximum atomic E-state index is 12.2. The van der Waals surface area contributed by atoms with Crippen molar-refractivity contribution in [2.24, 2.45) is 5.73 Å². The van der Waals surface area contributed by atoms with Crippen molar-refractivity contribution >= 4 is 23.2 Å². The summed E-state index contributed by atoms with van der Waals surface area (Å²) in [7, 11) is 0. The summed E-state index contributed by atoms with van der Waals surface area (Å²) in [6.07, 6.45) is 0. The first kappa shape index (κ1) is 12.2. The molecule has 6 heteroatoms. The number of rotatable bonds is 2. The zero-order valence-corrected chi connectivity index (χ0v) is 10.3. The Morgan fingerprint density at radius 2 is 2.11 bits per heavy atom. The maximum Gasteiger partial charge on any atom is 0.271 e. The van der Waals surface area contributed by atoms with Gasteiger partial charge in [-0.1, -0.05) is 0 Å². The van der Waals surface area contributed by atoms with Gasteiger partial charge < -0.3 is 16.2 Å². The number of carbonyl (C=O) groups excluding carboxylic acids is 2. The van der Waals surface area contributed by atoms with Crippen LogP contribution in [0.25, 0.3) is 0 Å². The lowest BCUT2D eigenvalue weighted by molar-refractivity contribution is -0.133. The Balaban J connectivity index is 2.52. The fraction of sp³-hybridized carbons (Fsp3) is 0.333. The average Bonchev–Trinajstić information content (AvgIpc) is 2.23. The van der Waals surface area contributed by atoms with E-state index in [1.807, 2.05) is 0 Å². The van der Waals surface area contributed by atoms with E-state index in [0.29, 0.717) is 17.1 Å². The molecule has 1 aliphatic heterocycles. The topological polar surface area (TPSA) is 98.7 Å². The van der Waals surface area contributed by atoms with Crippen molar-refractivity contribution in [3.8, 4) is 5.75 Å². The third-order valence-corrected chi connectivity index (χ3v) is 2.71. The number of anilines is 2. The van der Waals surface area contributed by atoms with Gasteiger partial charge in [0.2, 0.25) is 5.91 Å². The molecule has 6 nitrogen and oxygen atoms in total.